The number of benzene rings is 11. The van der Waals surface area contributed by atoms with Crippen LogP contribution in [0.2, 0.25) is 0 Å². The van der Waals surface area contributed by atoms with E-state index in [-0.39, 0.29) is 148 Å². The quantitative estimate of drug-likeness (QED) is 0.165. The zero-order valence-electron chi connectivity index (χ0n) is 52.4. The van der Waals surface area contributed by atoms with Crippen molar-refractivity contribution >= 4 is 143 Å². The number of anilines is 6. The molecule has 0 N–H and O–H groups in total. The first-order chi connectivity index (χ1) is 41.1. The molecule has 6 nitrogen and oxygen atoms in total. The summed E-state index contributed by atoms with van der Waals surface area (Å²) in [7, 11) is 0. The predicted molar refractivity (Wildman–Crippen MR) is 317 cm³/mol. The third-order valence-electron chi connectivity index (χ3n) is 14.7. The second-order valence-corrected chi connectivity index (χ2v) is 21.7. The molecule has 76 heavy (non-hydrogen) atoms. The van der Waals surface area contributed by atoms with E-state index in [1.165, 1.54) is 12.1 Å². The van der Waals surface area contributed by atoms with Gasteiger partial charge in [0.15, 0.2) is 0 Å². The van der Waals surface area contributed by atoms with Crippen molar-refractivity contribution in [3.63, 3.8) is 0 Å². The fourth-order valence-corrected chi connectivity index (χ4v) is 10.7. The Morgan fingerprint density at radius 1 is 0.289 bits per heavy atom. The summed E-state index contributed by atoms with van der Waals surface area (Å²) < 4.78 is 124. The summed E-state index contributed by atoms with van der Waals surface area (Å²) in [5.41, 5.74) is 7.11. The molecule has 0 aliphatic heterocycles. The highest BCUT2D eigenvalue weighted by atomic mass is 16.3. The summed E-state index contributed by atoms with van der Waals surface area (Å²) >= 11 is 0. The van der Waals surface area contributed by atoms with Gasteiger partial charge in [-0.15, -0.1) is 0 Å². The number of hydrogen-bond donors (Lipinski definition) is 0. The van der Waals surface area contributed by atoms with Crippen LogP contribution in [0.25, 0.3) is 109 Å². The van der Waals surface area contributed by atoms with Crippen molar-refractivity contribution in [1.29, 1.82) is 0 Å². The summed E-state index contributed by atoms with van der Waals surface area (Å²) in [6, 6.07) is 43.5. The number of rotatable bonds is 6. The fourth-order valence-electron chi connectivity index (χ4n) is 10.7. The summed E-state index contributed by atoms with van der Waals surface area (Å²) in [4.78, 5) is 3.73. The van der Waals surface area contributed by atoms with Crippen molar-refractivity contribution in [2.75, 3.05) is 9.80 Å². The van der Waals surface area contributed by atoms with Crippen LogP contribution >= 0.6 is 0 Å². The third kappa shape index (κ3) is 7.08. The standard InChI is InChI=1S/C70H52N2O4/c1-69(2,3)45-17-23-47(24-18-45)71(51-27-29-63-57(37-51)53-11-7-9-13-61(53)73-63)49-21-15-41-33-55-59-39-68-60(40-67(59)75-65(55)35-43(41)31-49)56-34-42-16-22-50(32-44(42)36-66(56)76-68)72(48-25-19-46(20-26-48)70(4,5)6)52-28-30-64-58(38-52)54-12-8-10-14-62(54)74-64/h7-40H,1-6H3/i15D,16D,31D,32D,33D,34D,35D,36D,39D,40D. The molecular formula is C70H52N2O4. The Morgan fingerprint density at radius 2 is 0.645 bits per heavy atom. The average molecular weight is 995 g/mol. The van der Waals surface area contributed by atoms with Crippen molar-refractivity contribution < 1.29 is 31.4 Å². The van der Waals surface area contributed by atoms with E-state index in [0.717, 1.165) is 43.8 Å². The fraction of sp³-hybridized carbons (Fsp3) is 0.114. The highest BCUT2D eigenvalue weighted by Crippen LogP contribution is 2.45. The Balaban J connectivity index is 0.925. The Morgan fingerprint density at radius 3 is 1.07 bits per heavy atom. The maximum absolute atomic E-state index is 9.98. The maximum Gasteiger partial charge on any atom is 0.136 e. The minimum Gasteiger partial charge on any atom is -0.456 e. The first kappa shape index (κ1) is 35.0. The molecule has 11 aromatic carbocycles. The molecule has 4 heterocycles. The first-order valence-corrected chi connectivity index (χ1v) is 25.4. The lowest BCUT2D eigenvalue weighted by Crippen LogP contribution is -2.13. The minimum absolute atomic E-state index is 0.0268. The van der Waals surface area contributed by atoms with E-state index in [1.54, 1.807) is 0 Å². The van der Waals surface area contributed by atoms with Gasteiger partial charge in [-0.2, -0.15) is 0 Å². The maximum atomic E-state index is 9.98. The zero-order valence-corrected chi connectivity index (χ0v) is 42.4. The Kier molecular flexibility index (Phi) is 7.43. The summed E-state index contributed by atoms with van der Waals surface area (Å²) in [5.74, 6) is 0. The highest BCUT2D eigenvalue weighted by molar-refractivity contribution is 6.18. The molecular weight excluding hydrogens is 933 g/mol. The molecule has 0 radical (unpaired) electrons. The molecule has 0 saturated carbocycles. The van der Waals surface area contributed by atoms with Crippen LogP contribution in [-0.4, -0.2) is 0 Å². The van der Waals surface area contributed by atoms with Crippen LogP contribution in [0.4, 0.5) is 34.1 Å². The van der Waals surface area contributed by atoms with Crippen molar-refractivity contribution in [1.82, 2.24) is 0 Å². The van der Waals surface area contributed by atoms with Gasteiger partial charge in [-0.1, -0.05) is 114 Å². The molecule has 4 aromatic heterocycles. The van der Waals surface area contributed by atoms with Crippen LogP contribution in [-0.2, 0) is 10.8 Å². The van der Waals surface area contributed by atoms with Crippen LogP contribution in [0.5, 0.6) is 0 Å². The van der Waals surface area contributed by atoms with E-state index in [0.29, 0.717) is 33.9 Å². The van der Waals surface area contributed by atoms with Gasteiger partial charge in [0, 0.05) is 77.2 Å². The van der Waals surface area contributed by atoms with Crippen LogP contribution in [0.15, 0.2) is 224 Å². The van der Waals surface area contributed by atoms with Gasteiger partial charge >= 0.3 is 0 Å². The van der Waals surface area contributed by atoms with E-state index >= 15 is 0 Å². The highest BCUT2D eigenvalue weighted by Gasteiger charge is 2.22. The molecule has 366 valence electrons. The van der Waals surface area contributed by atoms with Gasteiger partial charge in [0.2, 0.25) is 0 Å². The second-order valence-electron chi connectivity index (χ2n) is 21.7. The SMILES string of the molecule is [2H]c1cc(N(c2ccc(C(C)(C)C)cc2)c2ccc3oc4ccccc4c3c2)c([2H])c2c([2H])c3oc4c([2H])c5c(oc6c([2H])c7c([2H])c(N(c8ccc(C(C)(C)C)cc8)c8ccc9oc%10ccccc%10c9c8)cc([2H])c7c([2H])c65)c([2H])c4c3c([2H])c12. The van der Waals surface area contributed by atoms with Gasteiger partial charge in [-0.25, -0.2) is 0 Å². The summed E-state index contributed by atoms with van der Waals surface area (Å²) in [6.45, 7) is 12.8. The van der Waals surface area contributed by atoms with Crippen LogP contribution in [0, 0.1) is 0 Å². The number of nitrogens with zero attached hydrogens (tertiary/aromatic N) is 2. The summed E-state index contributed by atoms with van der Waals surface area (Å²) in [6.07, 6.45) is 0. The smallest absolute Gasteiger partial charge is 0.136 e. The molecule has 15 rings (SSSR count). The normalized spacial score (nSPS) is 14.4. The van der Waals surface area contributed by atoms with Gasteiger partial charge in [-0.3, -0.25) is 0 Å². The Bertz CT molecular complexity index is 5120. The summed E-state index contributed by atoms with van der Waals surface area (Å²) in [5, 5.41) is 3.22. The Hall–Kier alpha value is -9.26. The van der Waals surface area contributed by atoms with E-state index in [2.05, 4.69) is 41.5 Å². The van der Waals surface area contributed by atoms with Crippen molar-refractivity contribution in [2.45, 2.75) is 52.4 Å². The molecule has 0 fully saturated rings. The van der Waals surface area contributed by atoms with E-state index < -0.39 is 0 Å². The largest absolute Gasteiger partial charge is 0.456 e. The van der Waals surface area contributed by atoms with Crippen molar-refractivity contribution in [3.8, 4) is 0 Å². The van der Waals surface area contributed by atoms with E-state index in [9.17, 15) is 13.7 Å². The average Bonchev–Trinajstić information content (AvgIpc) is 1.49. The molecule has 15 aromatic rings. The van der Waals surface area contributed by atoms with Crippen LogP contribution in [0.1, 0.15) is 66.4 Å². The van der Waals surface area contributed by atoms with E-state index in [4.69, 9.17) is 17.7 Å². The van der Waals surface area contributed by atoms with Crippen LogP contribution in [0.3, 0.4) is 0 Å². The van der Waals surface area contributed by atoms with Crippen LogP contribution < -0.4 is 9.80 Å². The lowest BCUT2D eigenvalue weighted by Gasteiger charge is -2.27. The van der Waals surface area contributed by atoms with Gasteiger partial charge in [0.05, 0.1) is 13.7 Å². The monoisotopic (exact) mass is 994 g/mol. The molecule has 0 aliphatic rings. The zero-order chi connectivity index (χ0) is 59.9. The lowest BCUT2D eigenvalue weighted by molar-refractivity contribution is 0.590. The van der Waals surface area contributed by atoms with Crippen molar-refractivity contribution in [2.24, 2.45) is 0 Å². The molecule has 0 bridgehead atoms. The number of fused-ring (bicyclic) bond motifs is 14. The minimum atomic E-state index is -0.345. The Labute approximate surface area is 452 Å². The van der Waals surface area contributed by atoms with Gasteiger partial charge in [0.1, 0.15) is 44.7 Å². The molecule has 0 amide bonds. The number of hydrogen-bond acceptors (Lipinski definition) is 6. The first-order valence-electron chi connectivity index (χ1n) is 30.4. The van der Waals surface area contributed by atoms with Gasteiger partial charge in [-0.05, 0) is 177 Å². The molecule has 0 unspecified atom stereocenters. The predicted octanol–water partition coefficient (Wildman–Crippen LogP) is 21.1. The molecule has 0 aliphatic carbocycles. The molecule has 0 spiro atoms. The van der Waals surface area contributed by atoms with Crippen molar-refractivity contribution in [3.05, 3.63) is 217 Å². The number of furan rings is 4. The van der Waals surface area contributed by atoms with Gasteiger partial charge in [0.25, 0.3) is 0 Å². The molecule has 0 atom stereocenters. The van der Waals surface area contributed by atoms with Gasteiger partial charge < -0.3 is 27.5 Å². The lowest BCUT2D eigenvalue weighted by atomic mass is 9.87. The second kappa shape index (κ2) is 16.1. The van der Waals surface area contributed by atoms with E-state index in [1.807, 2.05) is 143 Å². The molecule has 0 saturated heterocycles. The topological polar surface area (TPSA) is 59.0 Å². The molecule has 6 heteroatoms. The third-order valence-corrected chi connectivity index (χ3v) is 14.7. The number of para-hydroxylation sites is 2.